The first kappa shape index (κ1) is 13.5. The summed E-state index contributed by atoms with van der Waals surface area (Å²) in [5.74, 6) is 0. The Morgan fingerprint density at radius 1 is 1.40 bits per heavy atom. The number of hydrogen-bond acceptors (Lipinski definition) is 4. The van der Waals surface area contributed by atoms with Gasteiger partial charge in [0.2, 0.25) is 0 Å². The highest BCUT2D eigenvalue weighted by Gasteiger charge is 2.34. The zero-order chi connectivity index (χ0) is 13.8. The van der Waals surface area contributed by atoms with E-state index in [0.717, 1.165) is 26.1 Å². The van der Waals surface area contributed by atoms with Crippen LogP contribution in [-0.4, -0.2) is 37.5 Å². The number of methoxy groups -OCH3 is 1. The fourth-order valence-electron chi connectivity index (χ4n) is 2.73. The number of ether oxygens (including phenoxy) is 2. The number of rotatable bonds is 5. The van der Waals surface area contributed by atoms with E-state index in [4.69, 9.17) is 9.47 Å². The van der Waals surface area contributed by atoms with Gasteiger partial charge in [-0.05, 0) is 17.0 Å². The number of aromatic nitrogens is 1. The van der Waals surface area contributed by atoms with Crippen molar-refractivity contribution >= 4 is 10.8 Å². The normalized spacial score (nSPS) is 22.4. The van der Waals surface area contributed by atoms with Crippen LogP contribution in [0.15, 0.2) is 36.7 Å². The Hall–Kier alpha value is -1.49. The van der Waals surface area contributed by atoms with Crippen LogP contribution in [0.1, 0.15) is 12.0 Å². The van der Waals surface area contributed by atoms with Gasteiger partial charge < -0.3 is 14.8 Å². The molecule has 1 fully saturated rings. The zero-order valence-corrected chi connectivity index (χ0v) is 11.8. The van der Waals surface area contributed by atoms with Crippen LogP contribution in [0.5, 0.6) is 0 Å². The van der Waals surface area contributed by atoms with E-state index in [-0.39, 0.29) is 5.60 Å². The molecule has 0 radical (unpaired) electrons. The molecule has 1 saturated heterocycles. The lowest BCUT2D eigenvalue weighted by atomic mass is 10.0. The fraction of sp³-hybridized carbons (Fsp3) is 0.438. The second-order valence-corrected chi connectivity index (χ2v) is 5.31. The van der Waals surface area contributed by atoms with Gasteiger partial charge in [-0.25, -0.2) is 0 Å². The van der Waals surface area contributed by atoms with Crippen LogP contribution in [0, 0.1) is 0 Å². The first-order chi connectivity index (χ1) is 9.83. The van der Waals surface area contributed by atoms with Crippen LogP contribution >= 0.6 is 0 Å². The second kappa shape index (κ2) is 5.87. The van der Waals surface area contributed by atoms with E-state index in [0.29, 0.717) is 6.61 Å². The van der Waals surface area contributed by atoms with E-state index in [1.54, 1.807) is 7.11 Å². The topological polar surface area (TPSA) is 43.4 Å². The van der Waals surface area contributed by atoms with Gasteiger partial charge in [0.15, 0.2) is 0 Å². The molecule has 20 heavy (non-hydrogen) atoms. The minimum Gasteiger partial charge on any atom is -0.378 e. The van der Waals surface area contributed by atoms with E-state index < -0.39 is 0 Å². The summed E-state index contributed by atoms with van der Waals surface area (Å²) >= 11 is 0. The molecule has 0 bridgehead atoms. The molecule has 1 aliphatic rings. The monoisotopic (exact) mass is 272 g/mol. The van der Waals surface area contributed by atoms with E-state index in [9.17, 15) is 0 Å². The number of fused-ring (bicyclic) bond motifs is 1. The Balaban J connectivity index is 1.68. The summed E-state index contributed by atoms with van der Waals surface area (Å²) in [4.78, 5) is 4.16. The molecule has 4 heteroatoms. The highest BCUT2D eigenvalue weighted by Crippen LogP contribution is 2.22. The first-order valence-electron chi connectivity index (χ1n) is 6.98. The Labute approximate surface area is 119 Å². The summed E-state index contributed by atoms with van der Waals surface area (Å²) < 4.78 is 11.1. The number of nitrogens with zero attached hydrogens (tertiary/aromatic N) is 1. The summed E-state index contributed by atoms with van der Waals surface area (Å²) in [5, 5.41) is 5.93. The zero-order valence-electron chi connectivity index (χ0n) is 11.8. The summed E-state index contributed by atoms with van der Waals surface area (Å²) in [6, 6.07) is 8.39. The third kappa shape index (κ3) is 2.68. The molecule has 1 aromatic heterocycles. The van der Waals surface area contributed by atoms with Gasteiger partial charge in [-0.15, -0.1) is 0 Å². The van der Waals surface area contributed by atoms with Crippen molar-refractivity contribution in [3.63, 3.8) is 0 Å². The van der Waals surface area contributed by atoms with E-state index in [2.05, 4.69) is 34.6 Å². The average molecular weight is 272 g/mol. The molecule has 2 aromatic rings. The SMILES string of the molecule is COC1(CNCc2cccc3cnccc23)CCOC1. The maximum absolute atomic E-state index is 5.63. The number of benzene rings is 1. The molecule has 106 valence electrons. The predicted octanol–water partition coefficient (Wildman–Crippen LogP) is 2.13. The Bertz CT molecular complexity index is 574. The summed E-state index contributed by atoms with van der Waals surface area (Å²) in [6.45, 7) is 3.10. The van der Waals surface area contributed by atoms with Gasteiger partial charge in [-0.3, -0.25) is 4.98 Å². The van der Waals surface area contributed by atoms with Gasteiger partial charge in [0.1, 0.15) is 5.60 Å². The lowest BCUT2D eigenvalue weighted by Crippen LogP contribution is -2.42. The highest BCUT2D eigenvalue weighted by molar-refractivity contribution is 5.84. The van der Waals surface area contributed by atoms with Gasteiger partial charge in [0.05, 0.1) is 6.61 Å². The quantitative estimate of drug-likeness (QED) is 0.905. The van der Waals surface area contributed by atoms with Crippen molar-refractivity contribution in [1.29, 1.82) is 0 Å². The van der Waals surface area contributed by atoms with Crippen molar-refractivity contribution in [3.05, 3.63) is 42.2 Å². The average Bonchev–Trinajstić information content (AvgIpc) is 2.97. The van der Waals surface area contributed by atoms with Crippen LogP contribution in [0.4, 0.5) is 0 Å². The van der Waals surface area contributed by atoms with Crippen molar-refractivity contribution in [2.24, 2.45) is 0 Å². The molecule has 0 aliphatic carbocycles. The molecule has 1 aromatic carbocycles. The van der Waals surface area contributed by atoms with Crippen molar-refractivity contribution < 1.29 is 9.47 Å². The largest absolute Gasteiger partial charge is 0.378 e. The van der Waals surface area contributed by atoms with Crippen LogP contribution in [0.25, 0.3) is 10.8 Å². The smallest absolute Gasteiger partial charge is 0.106 e. The van der Waals surface area contributed by atoms with Crippen molar-refractivity contribution in [2.45, 2.75) is 18.6 Å². The molecule has 1 unspecified atom stereocenters. The van der Waals surface area contributed by atoms with Crippen molar-refractivity contribution in [3.8, 4) is 0 Å². The maximum atomic E-state index is 5.63. The number of hydrogen-bond donors (Lipinski definition) is 1. The predicted molar refractivity (Wildman–Crippen MR) is 78.6 cm³/mol. The second-order valence-electron chi connectivity index (χ2n) is 5.31. The molecule has 1 N–H and O–H groups in total. The van der Waals surface area contributed by atoms with Crippen LogP contribution in [-0.2, 0) is 16.0 Å². The molecule has 1 aliphatic heterocycles. The Morgan fingerprint density at radius 2 is 2.35 bits per heavy atom. The molecular formula is C16H20N2O2. The third-order valence-electron chi connectivity index (χ3n) is 4.03. The van der Waals surface area contributed by atoms with Gasteiger partial charge in [0, 0.05) is 51.0 Å². The van der Waals surface area contributed by atoms with E-state index in [1.165, 1.54) is 16.3 Å². The van der Waals surface area contributed by atoms with Crippen molar-refractivity contribution in [2.75, 3.05) is 26.9 Å². The van der Waals surface area contributed by atoms with Crippen molar-refractivity contribution in [1.82, 2.24) is 10.3 Å². The minimum absolute atomic E-state index is 0.161. The fourth-order valence-corrected chi connectivity index (χ4v) is 2.73. The molecule has 2 heterocycles. The number of pyridine rings is 1. The Morgan fingerprint density at radius 3 is 3.15 bits per heavy atom. The van der Waals surface area contributed by atoms with Crippen LogP contribution in [0.2, 0.25) is 0 Å². The molecule has 0 amide bonds. The Kier molecular flexibility index (Phi) is 3.96. The molecule has 0 saturated carbocycles. The number of nitrogens with one attached hydrogen (secondary N) is 1. The van der Waals surface area contributed by atoms with Crippen LogP contribution in [0.3, 0.4) is 0 Å². The van der Waals surface area contributed by atoms with Gasteiger partial charge in [-0.1, -0.05) is 18.2 Å². The standard InChI is InChI=1S/C16H20N2O2/c1-19-16(6-8-20-12-16)11-18-10-14-4-2-3-13-9-17-7-5-15(13)14/h2-5,7,9,18H,6,8,10-12H2,1H3. The van der Waals surface area contributed by atoms with Crippen LogP contribution < -0.4 is 5.32 Å². The molecule has 1 atom stereocenters. The lowest BCUT2D eigenvalue weighted by Gasteiger charge is -2.26. The minimum atomic E-state index is -0.161. The first-order valence-corrected chi connectivity index (χ1v) is 6.98. The maximum Gasteiger partial charge on any atom is 0.106 e. The van der Waals surface area contributed by atoms with Gasteiger partial charge in [0.25, 0.3) is 0 Å². The molecule has 0 spiro atoms. The van der Waals surface area contributed by atoms with Gasteiger partial charge >= 0.3 is 0 Å². The molecular weight excluding hydrogens is 252 g/mol. The third-order valence-corrected chi connectivity index (χ3v) is 4.03. The lowest BCUT2D eigenvalue weighted by molar-refractivity contribution is -0.0159. The molecule has 4 nitrogen and oxygen atoms in total. The van der Waals surface area contributed by atoms with E-state index in [1.807, 2.05) is 12.4 Å². The molecule has 3 rings (SSSR count). The van der Waals surface area contributed by atoms with E-state index >= 15 is 0 Å². The van der Waals surface area contributed by atoms with Gasteiger partial charge in [-0.2, -0.15) is 0 Å². The highest BCUT2D eigenvalue weighted by atomic mass is 16.5. The summed E-state index contributed by atoms with van der Waals surface area (Å²) in [6.07, 6.45) is 4.70. The summed E-state index contributed by atoms with van der Waals surface area (Å²) in [5.41, 5.74) is 1.13. The summed E-state index contributed by atoms with van der Waals surface area (Å²) in [7, 11) is 1.76.